The summed E-state index contributed by atoms with van der Waals surface area (Å²) in [6.07, 6.45) is 4.27. The monoisotopic (exact) mass is 533 g/mol. The molecule has 2 saturated heterocycles. The van der Waals surface area contributed by atoms with E-state index in [0.29, 0.717) is 35.6 Å². The van der Waals surface area contributed by atoms with Gasteiger partial charge in [0.15, 0.2) is 0 Å². The lowest BCUT2D eigenvalue weighted by Gasteiger charge is -2.26. The number of hydrogen-bond donors (Lipinski definition) is 3. The number of amidine groups is 1. The van der Waals surface area contributed by atoms with E-state index in [0.717, 1.165) is 61.8 Å². The van der Waals surface area contributed by atoms with Crippen LogP contribution in [0.1, 0.15) is 52.7 Å². The molecule has 2 aliphatic rings. The lowest BCUT2D eigenvalue weighted by atomic mass is 10.0. The van der Waals surface area contributed by atoms with E-state index >= 15 is 0 Å². The standard InChI is InChI=1S/C30H33F2N5O2/c31-21-14-20(15-22(32)17-21)13-19-3-6-27(33)26(16-19)29(34)36-30(38)25-5-4-24(37-9-1-2-10-37)18-28(25)35-23-7-11-39-12-8-23/h3-6,14-18,23,35H,1-2,7-13,33H2,(H2,34,36,38). The van der Waals surface area contributed by atoms with Crippen molar-refractivity contribution in [2.45, 2.75) is 38.1 Å². The van der Waals surface area contributed by atoms with E-state index in [-0.39, 0.29) is 18.3 Å². The van der Waals surface area contributed by atoms with Crippen LogP contribution in [0.15, 0.2) is 59.6 Å². The van der Waals surface area contributed by atoms with Crippen molar-refractivity contribution in [1.82, 2.24) is 0 Å². The smallest absolute Gasteiger partial charge is 0.281 e. The Morgan fingerprint density at radius 3 is 2.38 bits per heavy atom. The number of halogens is 2. The molecule has 2 heterocycles. The summed E-state index contributed by atoms with van der Waals surface area (Å²) in [4.78, 5) is 19.9. The summed E-state index contributed by atoms with van der Waals surface area (Å²) in [5.41, 5.74) is 16.6. The SMILES string of the molecule is NC(=NC(=O)c1ccc(N2CCCC2)cc1NC1CCOCC1)c1cc(Cc2cc(F)cc(F)c2)ccc1N. The van der Waals surface area contributed by atoms with E-state index < -0.39 is 17.5 Å². The van der Waals surface area contributed by atoms with Gasteiger partial charge in [-0.3, -0.25) is 4.79 Å². The largest absolute Gasteiger partial charge is 0.398 e. The Morgan fingerprint density at radius 1 is 0.949 bits per heavy atom. The molecule has 0 unspecified atom stereocenters. The second-order valence-corrected chi connectivity index (χ2v) is 10.1. The minimum atomic E-state index is -0.645. The van der Waals surface area contributed by atoms with Gasteiger partial charge in [-0.1, -0.05) is 6.07 Å². The first-order chi connectivity index (χ1) is 18.9. The first kappa shape index (κ1) is 26.6. The number of aliphatic imine (C=N–C) groups is 1. The lowest BCUT2D eigenvalue weighted by Crippen LogP contribution is -2.29. The van der Waals surface area contributed by atoms with Gasteiger partial charge in [-0.25, -0.2) is 8.78 Å². The number of nitrogens with two attached hydrogens (primary N) is 2. The molecule has 0 saturated carbocycles. The number of ether oxygens (including phenoxy) is 1. The van der Waals surface area contributed by atoms with Crippen molar-refractivity contribution >= 4 is 28.8 Å². The van der Waals surface area contributed by atoms with Crippen LogP contribution in [0.2, 0.25) is 0 Å². The van der Waals surface area contributed by atoms with Crippen LogP contribution in [0.5, 0.6) is 0 Å². The highest BCUT2D eigenvalue weighted by molar-refractivity contribution is 6.12. The van der Waals surface area contributed by atoms with Gasteiger partial charge in [-0.2, -0.15) is 4.99 Å². The quantitative estimate of drug-likeness (QED) is 0.227. The molecule has 0 bridgehead atoms. The fourth-order valence-electron chi connectivity index (χ4n) is 5.19. The third kappa shape index (κ3) is 6.54. The van der Waals surface area contributed by atoms with Crippen molar-refractivity contribution in [3.05, 3.63) is 88.5 Å². The number of carbonyl (C=O) groups is 1. The zero-order valence-corrected chi connectivity index (χ0v) is 21.8. The Labute approximate surface area is 226 Å². The summed E-state index contributed by atoms with van der Waals surface area (Å²) in [7, 11) is 0. The molecule has 2 fully saturated rings. The molecule has 9 heteroatoms. The zero-order valence-electron chi connectivity index (χ0n) is 21.8. The number of nitrogens with one attached hydrogen (secondary N) is 1. The molecular weight excluding hydrogens is 500 g/mol. The number of carbonyl (C=O) groups excluding carboxylic acids is 1. The molecule has 5 N–H and O–H groups in total. The van der Waals surface area contributed by atoms with Crippen LogP contribution < -0.4 is 21.7 Å². The van der Waals surface area contributed by atoms with Gasteiger partial charge >= 0.3 is 0 Å². The summed E-state index contributed by atoms with van der Waals surface area (Å²) in [5, 5.41) is 3.54. The van der Waals surface area contributed by atoms with Gasteiger partial charge in [-0.05, 0) is 85.7 Å². The van der Waals surface area contributed by atoms with Crippen LogP contribution in [-0.2, 0) is 11.2 Å². The van der Waals surface area contributed by atoms with Crippen LogP contribution in [0.3, 0.4) is 0 Å². The minimum Gasteiger partial charge on any atom is -0.398 e. The third-order valence-electron chi connectivity index (χ3n) is 7.23. The van der Waals surface area contributed by atoms with Gasteiger partial charge < -0.3 is 26.4 Å². The maximum atomic E-state index is 13.6. The summed E-state index contributed by atoms with van der Waals surface area (Å²) in [5.74, 6) is -1.79. The Kier molecular flexibility index (Phi) is 8.07. The third-order valence-corrected chi connectivity index (χ3v) is 7.23. The van der Waals surface area contributed by atoms with E-state index in [4.69, 9.17) is 16.2 Å². The van der Waals surface area contributed by atoms with Crippen LogP contribution in [-0.4, -0.2) is 44.1 Å². The first-order valence-electron chi connectivity index (χ1n) is 13.3. The van der Waals surface area contributed by atoms with Crippen molar-refractivity contribution in [3.8, 4) is 0 Å². The minimum absolute atomic E-state index is 0.0228. The second kappa shape index (κ2) is 11.8. The van der Waals surface area contributed by atoms with Gasteiger partial charge in [0.2, 0.25) is 0 Å². The van der Waals surface area contributed by atoms with E-state index in [1.807, 2.05) is 12.1 Å². The Hall–Kier alpha value is -3.98. The molecule has 3 aromatic carbocycles. The summed E-state index contributed by atoms with van der Waals surface area (Å²) in [6.45, 7) is 3.34. The molecule has 0 spiro atoms. The van der Waals surface area contributed by atoms with Gasteiger partial charge in [-0.15, -0.1) is 0 Å². The molecular formula is C30H33F2N5O2. The molecule has 3 aromatic rings. The van der Waals surface area contributed by atoms with Gasteiger partial charge in [0.25, 0.3) is 5.91 Å². The molecule has 39 heavy (non-hydrogen) atoms. The number of anilines is 3. The van der Waals surface area contributed by atoms with E-state index in [1.165, 1.54) is 12.1 Å². The highest BCUT2D eigenvalue weighted by Crippen LogP contribution is 2.29. The predicted octanol–water partition coefficient (Wildman–Crippen LogP) is 4.87. The second-order valence-electron chi connectivity index (χ2n) is 10.1. The van der Waals surface area contributed by atoms with Crippen LogP contribution in [0.4, 0.5) is 25.8 Å². The van der Waals surface area contributed by atoms with E-state index in [2.05, 4.69) is 15.2 Å². The molecule has 0 aromatic heterocycles. The predicted molar refractivity (Wildman–Crippen MR) is 150 cm³/mol. The van der Waals surface area contributed by atoms with Crippen molar-refractivity contribution in [2.75, 3.05) is 42.3 Å². The number of benzene rings is 3. The van der Waals surface area contributed by atoms with Gasteiger partial charge in [0.1, 0.15) is 17.5 Å². The van der Waals surface area contributed by atoms with Crippen molar-refractivity contribution < 1.29 is 18.3 Å². The number of hydrogen-bond acceptors (Lipinski definition) is 5. The van der Waals surface area contributed by atoms with Crippen LogP contribution in [0, 0.1) is 11.6 Å². The number of amides is 1. The number of rotatable bonds is 7. The normalized spacial score (nSPS) is 16.5. The summed E-state index contributed by atoms with van der Waals surface area (Å²) < 4.78 is 32.8. The van der Waals surface area contributed by atoms with Crippen molar-refractivity contribution in [1.29, 1.82) is 0 Å². The molecule has 0 aliphatic carbocycles. The fraction of sp³-hybridized carbons (Fsp3) is 0.333. The Bertz CT molecular complexity index is 1360. The highest BCUT2D eigenvalue weighted by Gasteiger charge is 2.21. The number of nitrogen functional groups attached to an aromatic ring is 1. The highest BCUT2D eigenvalue weighted by atomic mass is 19.1. The van der Waals surface area contributed by atoms with Crippen molar-refractivity contribution in [2.24, 2.45) is 10.7 Å². The van der Waals surface area contributed by atoms with Crippen molar-refractivity contribution in [3.63, 3.8) is 0 Å². The average Bonchev–Trinajstić information content (AvgIpc) is 3.45. The molecule has 1 amide bonds. The van der Waals surface area contributed by atoms with E-state index in [1.54, 1.807) is 24.3 Å². The Morgan fingerprint density at radius 2 is 1.67 bits per heavy atom. The molecule has 5 rings (SSSR count). The first-order valence-corrected chi connectivity index (χ1v) is 13.3. The lowest BCUT2D eigenvalue weighted by molar-refractivity contribution is 0.0904. The van der Waals surface area contributed by atoms with Gasteiger partial charge in [0, 0.05) is 61.0 Å². The Balaban J connectivity index is 1.41. The maximum absolute atomic E-state index is 13.6. The molecule has 204 valence electrons. The maximum Gasteiger partial charge on any atom is 0.281 e. The van der Waals surface area contributed by atoms with Crippen LogP contribution >= 0.6 is 0 Å². The molecule has 0 atom stereocenters. The fourth-order valence-corrected chi connectivity index (χ4v) is 5.19. The molecule has 7 nitrogen and oxygen atoms in total. The zero-order chi connectivity index (χ0) is 27.4. The molecule has 2 aliphatic heterocycles. The number of nitrogens with zero attached hydrogens (tertiary/aromatic N) is 2. The van der Waals surface area contributed by atoms with E-state index in [9.17, 15) is 13.6 Å². The summed E-state index contributed by atoms with van der Waals surface area (Å²) in [6, 6.07) is 14.4. The van der Waals surface area contributed by atoms with Gasteiger partial charge in [0.05, 0.1) is 5.56 Å². The summed E-state index contributed by atoms with van der Waals surface area (Å²) >= 11 is 0. The molecule has 0 radical (unpaired) electrons. The topological polar surface area (TPSA) is 106 Å². The van der Waals surface area contributed by atoms with Crippen LogP contribution in [0.25, 0.3) is 0 Å². The average molecular weight is 534 g/mol.